The van der Waals surface area contributed by atoms with Crippen LogP contribution in [0.2, 0.25) is 0 Å². The van der Waals surface area contributed by atoms with Gasteiger partial charge in [-0.15, -0.1) is 0 Å². The van der Waals surface area contributed by atoms with Crippen molar-refractivity contribution in [1.29, 1.82) is 0 Å². The van der Waals surface area contributed by atoms with Gasteiger partial charge in [-0.2, -0.15) is 0 Å². The molecule has 1 heterocycles. The monoisotopic (exact) mass is 298 g/mol. The SMILES string of the molecule is COc1ccc(C=CC(=O)Nc2cnccc2C)c(OC)c1. The van der Waals surface area contributed by atoms with Crippen molar-refractivity contribution in [3.8, 4) is 11.5 Å². The maximum absolute atomic E-state index is 12.0. The summed E-state index contributed by atoms with van der Waals surface area (Å²) in [5.74, 6) is 1.11. The molecule has 0 radical (unpaired) electrons. The van der Waals surface area contributed by atoms with Crippen LogP contribution in [0.15, 0.2) is 42.7 Å². The molecule has 5 nitrogen and oxygen atoms in total. The zero-order valence-electron chi connectivity index (χ0n) is 12.8. The van der Waals surface area contributed by atoms with Crippen LogP contribution < -0.4 is 14.8 Å². The first-order valence-corrected chi connectivity index (χ1v) is 6.75. The summed E-state index contributed by atoms with van der Waals surface area (Å²) < 4.78 is 10.4. The second-order valence-electron chi connectivity index (χ2n) is 4.62. The van der Waals surface area contributed by atoms with Gasteiger partial charge in [-0.05, 0) is 36.8 Å². The molecule has 114 valence electrons. The van der Waals surface area contributed by atoms with Crippen LogP contribution in [0.1, 0.15) is 11.1 Å². The highest BCUT2D eigenvalue weighted by Gasteiger charge is 2.04. The van der Waals surface area contributed by atoms with Gasteiger partial charge in [-0.25, -0.2) is 0 Å². The van der Waals surface area contributed by atoms with E-state index in [9.17, 15) is 4.79 Å². The summed E-state index contributed by atoms with van der Waals surface area (Å²) in [7, 11) is 3.17. The van der Waals surface area contributed by atoms with Crippen LogP contribution in [0, 0.1) is 6.92 Å². The second-order valence-corrected chi connectivity index (χ2v) is 4.62. The van der Waals surface area contributed by atoms with E-state index in [1.54, 1.807) is 38.8 Å². The Hall–Kier alpha value is -2.82. The zero-order valence-corrected chi connectivity index (χ0v) is 12.8. The maximum atomic E-state index is 12.0. The number of nitrogens with one attached hydrogen (secondary N) is 1. The lowest BCUT2D eigenvalue weighted by Gasteiger charge is -2.07. The van der Waals surface area contributed by atoms with Gasteiger partial charge in [0.1, 0.15) is 11.5 Å². The van der Waals surface area contributed by atoms with E-state index in [0.717, 1.165) is 11.1 Å². The lowest BCUT2D eigenvalue weighted by atomic mass is 10.1. The fraction of sp³-hybridized carbons (Fsp3) is 0.176. The fourth-order valence-corrected chi connectivity index (χ4v) is 1.89. The smallest absolute Gasteiger partial charge is 0.248 e. The van der Waals surface area contributed by atoms with Gasteiger partial charge in [0.2, 0.25) is 5.91 Å². The second kappa shape index (κ2) is 7.26. The van der Waals surface area contributed by atoms with E-state index in [2.05, 4.69) is 10.3 Å². The van der Waals surface area contributed by atoms with Crippen LogP contribution in [-0.4, -0.2) is 25.1 Å². The molecule has 0 spiro atoms. The average molecular weight is 298 g/mol. The van der Waals surface area contributed by atoms with E-state index in [4.69, 9.17) is 9.47 Å². The molecule has 1 aromatic heterocycles. The number of nitrogens with zero attached hydrogens (tertiary/aromatic N) is 1. The van der Waals surface area contributed by atoms with Gasteiger partial charge >= 0.3 is 0 Å². The Morgan fingerprint density at radius 3 is 2.73 bits per heavy atom. The van der Waals surface area contributed by atoms with E-state index in [1.807, 2.05) is 25.1 Å². The first-order chi connectivity index (χ1) is 10.6. The van der Waals surface area contributed by atoms with Crippen LogP contribution in [0.3, 0.4) is 0 Å². The third kappa shape index (κ3) is 3.85. The topological polar surface area (TPSA) is 60.5 Å². The van der Waals surface area contributed by atoms with Gasteiger partial charge in [-0.3, -0.25) is 9.78 Å². The van der Waals surface area contributed by atoms with Gasteiger partial charge in [0, 0.05) is 23.9 Å². The molecule has 0 unspecified atom stereocenters. The van der Waals surface area contributed by atoms with Crippen molar-refractivity contribution in [2.45, 2.75) is 6.92 Å². The Morgan fingerprint density at radius 2 is 2.05 bits per heavy atom. The molecule has 2 aromatic rings. The summed E-state index contributed by atoms with van der Waals surface area (Å²) in [6.45, 7) is 1.91. The average Bonchev–Trinajstić information content (AvgIpc) is 2.55. The maximum Gasteiger partial charge on any atom is 0.248 e. The standard InChI is InChI=1S/C17H18N2O3/c1-12-8-9-18-11-15(12)19-17(20)7-5-13-4-6-14(21-2)10-16(13)22-3/h4-11H,1-3H3,(H,19,20). The molecule has 0 fully saturated rings. The van der Waals surface area contributed by atoms with E-state index >= 15 is 0 Å². The summed E-state index contributed by atoms with van der Waals surface area (Å²) in [5.41, 5.74) is 2.44. The van der Waals surface area contributed by atoms with Crippen molar-refractivity contribution in [3.05, 3.63) is 53.9 Å². The lowest BCUT2D eigenvalue weighted by Crippen LogP contribution is -2.09. The number of hydrogen-bond acceptors (Lipinski definition) is 4. The Bertz CT molecular complexity index is 696. The van der Waals surface area contributed by atoms with Gasteiger partial charge < -0.3 is 14.8 Å². The molecule has 0 atom stereocenters. The third-order valence-corrected chi connectivity index (χ3v) is 3.15. The molecule has 0 saturated carbocycles. The van der Waals surface area contributed by atoms with Crippen LogP contribution in [-0.2, 0) is 4.79 Å². The summed E-state index contributed by atoms with van der Waals surface area (Å²) in [4.78, 5) is 16.0. The van der Waals surface area contributed by atoms with Crippen LogP contribution in [0.4, 0.5) is 5.69 Å². The zero-order chi connectivity index (χ0) is 15.9. The number of rotatable bonds is 5. The molecule has 1 amide bonds. The molecular formula is C17H18N2O3. The van der Waals surface area contributed by atoms with Crippen molar-refractivity contribution in [3.63, 3.8) is 0 Å². The van der Waals surface area contributed by atoms with E-state index in [1.165, 1.54) is 6.08 Å². The van der Waals surface area contributed by atoms with Crippen LogP contribution in [0.5, 0.6) is 11.5 Å². The van der Waals surface area contributed by atoms with Gasteiger partial charge in [0.05, 0.1) is 26.1 Å². The predicted molar refractivity (Wildman–Crippen MR) is 86.2 cm³/mol. The highest BCUT2D eigenvalue weighted by atomic mass is 16.5. The molecule has 5 heteroatoms. The fourth-order valence-electron chi connectivity index (χ4n) is 1.89. The summed E-state index contributed by atoms with van der Waals surface area (Å²) in [5, 5.41) is 2.79. The number of benzene rings is 1. The molecule has 0 saturated heterocycles. The minimum atomic E-state index is -0.228. The van der Waals surface area contributed by atoms with Crippen LogP contribution in [0.25, 0.3) is 6.08 Å². The number of ether oxygens (including phenoxy) is 2. The molecule has 1 N–H and O–H groups in total. The molecule has 0 aliphatic rings. The largest absolute Gasteiger partial charge is 0.497 e. The molecule has 0 aliphatic heterocycles. The molecule has 22 heavy (non-hydrogen) atoms. The quantitative estimate of drug-likeness (QED) is 0.862. The van der Waals surface area contributed by atoms with Gasteiger partial charge in [0.25, 0.3) is 0 Å². The number of methoxy groups -OCH3 is 2. The van der Waals surface area contributed by atoms with E-state index in [-0.39, 0.29) is 5.91 Å². The molecule has 0 bridgehead atoms. The first kappa shape index (κ1) is 15.6. The number of aromatic nitrogens is 1. The number of carbonyl (C=O) groups is 1. The van der Waals surface area contributed by atoms with E-state index in [0.29, 0.717) is 17.2 Å². The molecule has 0 aliphatic carbocycles. The van der Waals surface area contributed by atoms with Crippen molar-refractivity contribution in [1.82, 2.24) is 4.98 Å². The van der Waals surface area contributed by atoms with E-state index < -0.39 is 0 Å². The van der Waals surface area contributed by atoms with Crippen molar-refractivity contribution in [2.24, 2.45) is 0 Å². The Labute approximate surface area is 129 Å². The van der Waals surface area contributed by atoms with Crippen molar-refractivity contribution >= 4 is 17.7 Å². The normalized spacial score (nSPS) is 10.5. The molecular weight excluding hydrogens is 280 g/mol. The number of amides is 1. The lowest BCUT2D eigenvalue weighted by molar-refractivity contribution is -0.111. The minimum Gasteiger partial charge on any atom is -0.497 e. The number of anilines is 1. The highest BCUT2D eigenvalue weighted by molar-refractivity contribution is 6.02. The van der Waals surface area contributed by atoms with Crippen LogP contribution >= 0.6 is 0 Å². The van der Waals surface area contributed by atoms with Crippen molar-refractivity contribution < 1.29 is 14.3 Å². The number of aryl methyl sites for hydroxylation is 1. The Balaban J connectivity index is 2.11. The summed E-state index contributed by atoms with van der Waals surface area (Å²) in [6, 6.07) is 7.25. The predicted octanol–water partition coefficient (Wildman–Crippen LogP) is 3.06. The highest BCUT2D eigenvalue weighted by Crippen LogP contribution is 2.25. The minimum absolute atomic E-state index is 0.228. The van der Waals surface area contributed by atoms with Crippen molar-refractivity contribution in [2.75, 3.05) is 19.5 Å². The Morgan fingerprint density at radius 1 is 1.23 bits per heavy atom. The molecule has 2 rings (SSSR count). The summed E-state index contributed by atoms with van der Waals surface area (Å²) >= 11 is 0. The molecule has 1 aromatic carbocycles. The summed E-state index contributed by atoms with van der Waals surface area (Å²) in [6.07, 6.45) is 6.45. The third-order valence-electron chi connectivity index (χ3n) is 3.15. The Kier molecular flexibility index (Phi) is 5.14. The number of carbonyl (C=O) groups excluding carboxylic acids is 1. The van der Waals surface area contributed by atoms with Gasteiger partial charge in [0.15, 0.2) is 0 Å². The number of pyridine rings is 1. The first-order valence-electron chi connectivity index (χ1n) is 6.75. The number of hydrogen-bond donors (Lipinski definition) is 1. The van der Waals surface area contributed by atoms with Gasteiger partial charge in [-0.1, -0.05) is 0 Å².